The van der Waals surface area contributed by atoms with Crippen LogP contribution in [0, 0.1) is 5.92 Å². The van der Waals surface area contributed by atoms with Gasteiger partial charge in [-0.1, -0.05) is 19.8 Å². The lowest BCUT2D eigenvalue weighted by atomic mass is 9.76. The fourth-order valence-corrected chi connectivity index (χ4v) is 2.79. The number of hydrogen-bond acceptors (Lipinski definition) is 3. The number of hydrogen-bond donors (Lipinski definition) is 3. The van der Waals surface area contributed by atoms with E-state index in [-0.39, 0.29) is 6.61 Å². The summed E-state index contributed by atoms with van der Waals surface area (Å²) in [6.07, 6.45) is 3.36. The molecule has 1 aromatic rings. The van der Waals surface area contributed by atoms with Crippen molar-refractivity contribution in [2.24, 2.45) is 5.92 Å². The van der Waals surface area contributed by atoms with Crippen LogP contribution >= 0.6 is 0 Å². The molecule has 6 nitrogen and oxygen atoms in total. The minimum absolute atomic E-state index is 0.168. The molecule has 0 aromatic carbocycles. The van der Waals surface area contributed by atoms with Crippen LogP contribution in [0.15, 0.2) is 9.59 Å². The molecule has 1 aromatic heterocycles. The summed E-state index contributed by atoms with van der Waals surface area (Å²) >= 11 is 0. The van der Waals surface area contributed by atoms with Gasteiger partial charge in [-0.2, -0.15) is 0 Å². The highest BCUT2D eigenvalue weighted by Gasteiger charge is 2.38. The monoisotopic (exact) mass is 227 g/mol. The van der Waals surface area contributed by atoms with E-state index < -0.39 is 16.9 Å². The summed E-state index contributed by atoms with van der Waals surface area (Å²) in [4.78, 5) is 23.2. The SMILES string of the molecule is CC1CCCC(CO)(n2c(=O)[nH][nH]c2=O)C1. The highest BCUT2D eigenvalue weighted by atomic mass is 16.3. The molecule has 2 atom stereocenters. The Kier molecular flexibility index (Phi) is 2.75. The Balaban J connectivity index is 2.49. The van der Waals surface area contributed by atoms with Gasteiger partial charge < -0.3 is 5.11 Å². The molecule has 1 fully saturated rings. The van der Waals surface area contributed by atoms with Crippen LogP contribution in [0.25, 0.3) is 0 Å². The van der Waals surface area contributed by atoms with Crippen molar-refractivity contribution in [3.05, 3.63) is 21.0 Å². The zero-order valence-corrected chi connectivity index (χ0v) is 9.32. The number of nitrogens with zero attached hydrogens (tertiary/aromatic N) is 1. The summed E-state index contributed by atoms with van der Waals surface area (Å²) in [6.45, 7) is 1.91. The Hall–Kier alpha value is -1.30. The minimum Gasteiger partial charge on any atom is -0.394 e. The van der Waals surface area contributed by atoms with E-state index in [0.29, 0.717) is 18.8 Å². The Bertz CT molecular complexity index is 445. The van der Waals surface area contributed by atoms with Crippen LogP contribution in [0.2, 0.25) is 0 Å². The van der Waals surface area contributed by atoms with Crippen molar-refractivity contribution in [2.45, 2.75) is 38.1 Å². The van der Waals surface area contributed by atoms with Crippen LogP contribution in [0.4, 0.5) is 0 Å². The first-order valence-electron chi connectivity index (χ1n) is 5.60. The second-order valence-electron chi connectivity index (χ2n) is 4.78. The molecule has 0 aliphatic heterocycles. The lowest BCUT2D eigenvalue weighted by Gasteiger charge is -2.38. The predicted octanol–water partition coefficient (Wildman–Crippen LogP) is -0.238. The molecule has 6 heteroatoms. The van der Waals surface area contributed by atoms with Gasteiger partial charge in [0.2, 0.25) is 0 Å². The van der Waals surface area contributed by atoms with Gasteiger partial charge in [-0.05, 0) is 18.8 Å². The molecular formula is C10H17N3O3. The maximum atomic E-state index is 11.6. The number of aromatic amines is 2. The van der Waals surface area contributed by atoms with Crippen molar-refractivity contribution in [1.29, 1.82) is 0 Å². The van der Waals surface area contributed by atoms with E-state index in [9.17, 15) is 14.7 Å². The van der Waals surface area contributed by atoms with Gasteiger partial charge in [0, 0.05) is 0 Å². The van der Waals surface area contributed by atoms with Crippen molar-refractivity contribution >= 4 is 0 Å². The van der Waals surface area contributed by atoms with Crippen molar-refractivity contribution in [3.8, 4) is 0 Å². The van der Waals surface area contributed by atoms with Crippen LogP contribution in [0.5, 0.6) is 0 Å². The Labute approximate surface area is 92.3 Å². The summed E-state index contributed by atoms with van der Waals surface area (Å²) in [5, 5.41) is 14.1. The normalized spacial score (nSPS) is 30.5. The summed E-state index contributed by atoms with van der Waals surface area (Å²) in [6, 6.07) is 0. The van der Waals surface area contributed by atoms with Gasteiger partial charge in [0.25, 0.3) is 0 Å². The van der Waals surface area contributed by atoms with Crippen LogP contribution in [0.1, 0.15) is 32.6 Å². The quantitative estimate of drug-likeness (QED) is 0.651. The highest BCUT2D eigenvalue weighted by molar-refractivity contribution is 4.93. The maximum absolute atomic E-state index is 11.6. The lowest BCUT2D eigenvalue weighted by Crippen LogP contribution is -2.50. The third kappa shape index (κ3) is 1.63. The fraction of sp³-hybridized carbons (Fsp3) is 0.800. The van der Waals surface area contributed by atoms with Gasteiger partial charge in [0.15, 0.2) is 0 Å². The Morgan fingerprint density at radius 3 is 2.56 bits per heavy atom. The van der Waals surface area contributed by atoms with Gasteiger partial charge in [-0.25, -0.2) is 24.4 Å². The van der Waals surface area contributed by atoms with Crippen molar-refractivity contribution in [1.82, 2.24) is 14.8 Å². The molecule has 2 unspecified atom stereocenters. The summed E-state index contributed by atoms with van der Waals surface area (Å²) in [5.74, 6) is 0.419. The van der Waals surface area contributed by atoms with E-state index in [1.54, 1.807) is 0 Å². The molecule has 2 rings (SSSR count). The average Bonchev–Trinajstić information content (AvgIpc) is 2.59. The maximum Gasteiger partial charge on any atom is 0.344 e. The van der Waals surface area contributed by atoms with Crippen molar-refractivity contribution in [3.63, 3.8) is 0 Å². The highest BCUT2D eigenvalue weighted by Crippen LogP contribution is 2.35. The van der Waals surface area contributed by atoms with E-state index >= 15 is 0 Å². The minimum atomic E-state index is -0.720. The number of aliphatic hydroxyl groups is 1. The molecule has 16 heavy (non-hydrogen) atoms. The van der Waals surface area contributed by atoms with E-state index in [0.717, 1.165) is 17.4 Å². The van der Waals surface area contributed by atoms with Gasteiger partial charge in [0.05, 0.1) is 12.1 Å². The molecule has 0 saturated heterocycles. The van der Waals surface area contributed by atoms with Gasteiger partial charge in [-0.3, -0.25) is 0 Å². The Morgan fingerprint density at radius 1 is 1.44 bits per heavy atom. The third-order valence-corrected chi connectivity index (χ3v) is 3.52. The number of nitrogens with one attached hydrogen (secondary N) is 2. The van der Waals surface area contributed by atoms with Gasteiger partial charge in [0.1, 0.15) is 0 Å². The van der Waals surface area contributed by atoms with Crippen LogP contribution in [0.3, 0.4) is 0 Å². The number of H-pyrrole nitrogens is 2. The molecule has 0 spiro atoms. The van der Waals surface area contributed by atoms with Crippen LogP contribution in [-0.4, -0.2) is 26.5 Å². The topological polar surface area (TPSA) is 90.9 Å². The second kappa shape index (κ2) is 3.93. The number of aliphatic hydroxyl groups excluding tert-OH is 1. The van der Waals surface area contributed by atoms with Crippen molar-refractivity contribution in [2.75, 3.05) is 6.61 Å². The zero-order valence-electron chi connectivity index (χ0n) is 9.32. The standard InChI is InChI=1S/C10H17N3O3/c1-7-3-2-4-10(5-7,6-14)13-8(15)11-12-9(13)16/h7,14H,2-6H2,1H3,(H,11,15)(H,12,16). The second-order valence-corrected chi connectivity index (χ2v) is 4.78. The Morgan fingerprint density at radius 2 is 2.06 bits per heavy atom. The molecule has 1 heterocycles. The molecule has 3 N–H and O–H groups in total. The van der Waals surface area contributed by atoms with Crippen LogP contribution in [-0.2, 0) is 5.54 Å². The molecule has 1 aliphatic rings. The zero-order chi connectivity index (χ0) is 11.8. The van der Waals surface area contributed by atoms with Crippen molar-refractivity contribution < 1.29 is 5.11 Å². The lowest BCUT2D eigenvalue weighted by molar-refractivity contribution is 0.0640. The average molecular weight is 227 g/mol. The fourth-order valence-electron chi connectivity index (χ4n) is 2.79. The smallest absolute Gasteiger partial charge is 0.344 e. The number of rotatable bonds is 2. The molecular weight excluding hydrogens is 210 g/mol. The molecule has 0 radical (unpaired) electrons. The first kappa shape index (κ1) is 11.2. The number of aromatic nitrogens is 3. The first-order valence-corrected chi connectivity index (χ1v) is 5.60. The molecule has 0 bridgehead atoms. The van der Waals surface area contributed by atoms with E-state index in [2.05, 4.69) is 17.1 Å². The summed E-state index contributed by atoms with van der Waals surface area (Å²) in [7, 11) is 0. The predicted molar refractivity (Wildman–Crippen MR) is 58.4 cm³/mol. The van der Waals surface area contributed by atoms with E-state index in [1.807, 2.05) is 0 Å². The summed E-state index contributed by atoms with van der Waals surface area (Å²) < 4.78 is 1.14. The first-order chi connectivity index (χ1) is 7.59. The van der Waals surface area contributed by atoms with E-state index in [4.69, 9.17) is 0 Å². The third-order valence-electron chi connectivity index (χ3n) is 3.52. The molecule has 0 amide bonds. The van der Waals surface area contributed by atoms with E-state index in [1.165, 1.54) is 0 Å². The van der Waals surface area contributed by atoms with Crippen LogP contribution < -0.4 is 11.4 Å². The van der Waals surface area contributed by atoms with Gasteiger partial charge >= 0.3 is 11.4 Å². The summed E-state index contributed by atoms with van der Waals surface area (Å²) in [5.41, 5.74) is -1.65. The van der Waals surface area contributed by atoms with Gasteiger partial charge in [-0.15, -0.1) is 0 Å². The molecule has 1 aliphatic carbocycles. The molecule has 1 saturated carbocycles. The molecule has 90 valence electrons. The largest absolute Gasteiger partial charge is 0.394 e.